The van der Waals surface area contributed by atoms with Gasteiger partial charge in [0.05, 0.1) is 0 Å². The molecule has 0 spiro atoms. The standard InChI is InChI=1S/C14H19BrClN/c15-13-7-3-1-6-12(13)10-17-14-8-4-2-5-11(14)9-16/h1,3,6-7,11,14,17H,2,4-5,8-10H2. The topological polar surface area (TPSA) is 12.0 Å². The number of benzene rings is 1. The molecule has 0 radical (unpaired) electrons. The number of hydrogen-bond donors (Lipinski definition) is 1. The molecule has 1 aliphatic rings. The van der Waals surface area contributed by atoms with Gasteiger partial charge in [0.1, 0.15) is 0 Å². The minimum Gasteiger partial charge on any atom is -0.310 e. The fraction of sp³-hybridized carbons (Fsp3) is 0.571. The summed E-state index contributed by atoms with van der Waals surface area (Å²) in [5.74, 6) is 1.43. The van der Waals surface area contributed by atoms with E-state index in [1.165, 1.54) is 35.7 Å². The second-order valence-electron chi connectivity index (χ2n) is 4.78. The van der Waals surface area contributed by atoms with E-state index in [1.54, 1.807) is 0 Å². The molecule has 1 N–H and O–H groups in total. The average Bonchev–Trinajstić information content (AvgIpc) is 2.38. The van der Waals surface area contributed by atoms with Crippen LogP contribution in [0, 0.1) is 5.92 Å². The molecule has 94 valence electrons. The van der Waals surface area contributed by atoms with Crippen LogP contribution < -0.4 is 5.32 Å². The van der Waals surface area contributed by atoms with Crippen molar-refractivity contribution in [1.82, 2.24) is 5.32 Å². The summed E-state index contributed by atoms with van der Waals surface area (Å²) in [6.07, 6.45) is 5.21. The van der Waals surface area contributed by atoms with Gasteiger partial charge in [-0.2, -0.15) is 0 Å². The number of nitrogens with one attached hydrogen (secondary N) is 1. The Labute approximate surface area is 117 Å². The van der Waals surface area contributed by atoms with Gasteiger partial charge in [0.25, 0.3) is 0 Å². The van der Waals surface area contributed by atoms with Gasteiger partial charge in [0.2, 0.25) is 0 Å². The number of halogens is 2. The van der Waals surface area contributed by atoms with Crippen LogP contribution in [0.25, 0.3) is 0 Å². The molecule has 2 unspecified atom stereocenters. The van der Waals surface area contributed by atoms with Crippen molar-refractivity contribution in [1.29, 1.82) is 0 Å². The van der Waals surface area contributed by atoms with Gasteiger partial charge in [-0.15, -0.1) is 11.6 Å². The Balaban J connectivity index is 1.90. The first-order valence-electron chi connectivity index (χ1n) is 6.34. The Kier molecular flexibility index (Phi) is 5.33. The first-order valence-corrected chi connectivity index (χ1v) is 7.66. The molecule has 1 fully saturated rings. The van der Waals surface area contributed by atoms with E-state index in [1.807, 2.05) is 0 Å². The van der Waals surface area contributed by atoms with E-state index >= 15 is 0 Å². The summed E-state index contributed by atoms with van der Waals surface area (Å²) >= 11 is 9.63. The number of alkyl halides is 1. The molecule has 2 atom stereocenters. The molecule has 0 aromatic heterocycles. The zero-order valence-electron chi connectivity index (χ0n) is 9.96. The minimum absolute atomic E-state index is 0.591. The van der Waals surface area contributed by atoms with Crippen molar-refractivity contribution in [2.24, 2.45) is 5.92 Å². The second-order valence-corrected chi connectivity index (χ2v) is 5.94. The zero-order chi connectivity index (χ0) is 12.1. The molecular weight excluding hydrogens is 298 g/mol. The summed E-state index contributed by atoms with van der Waals surface area (Å²) in [4.78, 5) is 0. The summed E-state index contributed by atoms with van der Waals surface area (Å²) in [6, 6.07) is 8.98. The highest BCUT2D eigenvalue weighted by Gasteiger charge is 2.23. The highest BCUT2D eigenvalue weighted by atomic mass is 79.9. The monoisotopic (exact) mass is 315 g/mol. The Morgan fingerprint density at radius 1 is 1.24 bits per heavy atom. The van der Waals surface area contributed by atoms with Gasteiger partial charge in [-0.3, -0.25) is 0 Å². The SMILES string of the molecule is ClCC1CCCCC1NCc1ccccc1Br. The Morgan fingerprint density at radius 2 is 2.00 bits per heavy atom. The van der Waals surface area contributed by atoms with Gasteiger partial charge in [-0.1, -0.05) is 47.0 Å². The summed E-state index contributed by atoms with van der Waals surface area (Å²) < 4.78 is 1.19. The van der Waals surface area contributed by atoms with E-state index < -0.39 is 0 Å². The van der Waals surface area contributed by atoms with E-state index in [0.717, 1.165) is 12.4 Å². The van der Waals surface area contributed by atoms with Crippen molar-refractivity contribution in [2.45, 2.75) is 38.3 Å². The van der Waals surface area contributed by atoms with Crippen LogP contribution in [0.1, 0.15) is 31.2 Å². The van der Waals surface area contributed by atoms with Crippen LogP contribution in [-0.2, 0) is 6.54 Å². The van der Waals surface area contributed by atoms with E-state index in [0.29, 0.717) is 12.0 Å². The minimum atomic E-state index is 0.591. The van der Waals surface area contributed by atoms with Crippen LogP contribution in [0.4, 0.5) is 0 Å². The second kappa shape index (κ2) is 6.77. The van der Waals surface area contributed by atoms with Crippen molar-refractivity contribution in [3.63, 3.8) is 0 Å². The van der Waals surface area contributed by atoms with E-state index in [9.17, 15) is 0 Å². The predicted octanol–water partition coefficient (Wildman–Crippen LogP) is 4.34. The van der Waals surface area contributed by atoms with E-state index in [2.05, 4.69) is 45.5 Å². The Hall–Kier alpha value is -0.0500. The highest BCUT2D eigenvalue weighted by Crippen LogP contribution is 2.26. The maximum absolute atomic E-state index is 6.04. The van der Waals surface area contributed by atoms with Crippen LogP contribution in [0.15, 0.2) is 28.7 Å². The molecule has 17 heavy (non-hydrogen) atoms. The predicted molar refractivity (Wildman–Crippen MR) is 77.4 cm³/mol. The number of hydrogen-bond acceptors (Lipinski definition) is 1. The summed E-state index contributed by atoms with van der Waals surface area (Å²) in [5.41, 5.74) is 1.33. The fourth-order valence-electron chi connectivity index (χ4n) is 2.54. The molecule has 1 aliphatic carbocycles. The van der Waals surface area contributed by atoms with Crippen molar-refractivity contribution in [2.75, 3.05) is 5.88 Å². The van der Waals surface area contributed by atoms with Gasteiger partial charge >= 0.3 is 0 Å². The normalized spacial score (nSPS) is 24.8. The third-order valence-electron chi connectivity index (χ3n) is 3.62. The van der Waals surface area contributed by atoms with Crippen molar-refractivity contribution >= 4 is 27.5 Å². The molecule has 0 saturated heterocycles. The smallest absolute Gasteiger partial charge is 0.0266 e. The lowest BCUT2D eigenvalue weighted by atomic mass is 9.85. The third-order valence-corrected chi connectivity index (χ3v) is 4.79. The maximum Gasteiger partial charge on any atom is 0.0266 e. The molecule has 1 saturated carbocycles. The molecule has 1 aromatic carbocycles. The first kappa shape index (κ1) is 13.4. The number of rotatable bonds is 4. The highest BCUT2D eigenvalue weighted by molar-refractivity contribution is 9.10. The lowest BCUT2D eigenvalue weighted by Gasteiger charge is -2.31. The van der Waals surface area contributed by atoms with Crippen molar-refractivity contribution in [3.8, 4) is 0 Å². The van der Waals surface area contributed by atoms with Crippen LogP contribution >= 0.6 is 27.5 Å². The molecule has 0 bridgehead atoms. The Bertz CT molecular complexity index is 356. The third kappa shape index (κ3) is 3.70. The van der Waals surface area contributed by atoms with Crippen molar-refractivity contribution in [3.05, 3.63) is 34.3 Å². The van der Waals surface area contributed by atoms with Gasteiger partial charge in [-0.25, -0.2) is 0 Å². The molecule has 0 aliphatic heterocycles. The molecule has 1 aromatic rings. The van der Waals surface area contributed by atoms with Gasteiger partial charge in [0.15, 0.2) is 0 Å². The molecule has 2 rings (SSSR count). The molecule has 0 amide bonds. The lowest BCUT2D eigenvalue weighted by Crippen LogP contribution is -2.39. The lowest BCUT2D eigenvalue weighted by molar-refractivity contribution is 0.282. The van der Waals surface area contributed by atoms with Gasteiger partial charge in [0, 0.05) is 22.9 Å². The van der Waals surface area contributed by atoms with E-state index in [-0.39, 0.29) is 0 Å². The Morgan fingerprint density at radius 3 is 2.76 bits per heavy atom. The quantitative estimate of drug-likeness (QED) is 0.815. The largest absolute Gasteiger partial charge is 0.310 e. The van der Waals surface area contributed by atoms with Crippen LogP contribution in [0.2, 0.25) is 0 Å². The maximum atomic E-state index is 6.04. The molecule has 3 heteroatoms. The molecular formula is C14H19BrClN. The van der Waals surface area contributed by atoms with Gasteiger partial charge < -0.3 is 5.32 Å². The summed E-state index contributed by atoms with van der Waals surface area (Å²) in [5, 5.41) is 3.67. The van der Waals surface area contributed by atoms with Gasteiger partial charge in [-0.05, 0) is 30.4 Å². The zero-order valence-corrected chi connectivity index (χ0v) is 12.3. The van der Waals surface area contributed by atoms with Crippen LogP contribution in [0.3, 0.4) is 0 Å². The molecule has 0 heterocycles. The van der Waals surface area contributed by atoms with Crippen LogP contribution in [-0.4, -0.2) is 11.9 Å². The molecule has 1 nitrogen and oxygen atoms in total. The van der Waals surface area contributed by atoms with Crippen molar-refractivity contribution < 1.29 is 0 Å². The summed E-state index contributed by atoms with van der Waals surface area (Å²) in [7, 11) is 0. The van der Waals surface area contributed by atoms with E-state index in [4.69, 9.17) is 11.6 Å². The fourth-order valence-corrected chi connectivity index (χ4v) is 3.34. The van der Waals surface area contributed by atoms with Crippen LogP contribution in [0.5, 0.6) is 0 Å². The average molecular weight is 317 g/mol. The first-order chi connectivity index (χ1) is 8.31. The summed E-state index contributed by atoms with van der Waals surface area (Å²) in [6.45, 7) is 0.930.